The molecule has 3 aliphatic heterocycles. The predicted molar refractivity (Wildman–Crippen MR) is 187 cm³/mol. The molecule has 0 unspecified atom stereocenters. The molecule has 5 fully saturated rings. The number of benzene rings is 1. The van der Waals surface area contributed by atoms with Gasteiger partial charge in [0, 0.05) is 29.9 Å². The topological polar surface area (TPSA) is 174 Å². The first-order valence-corrected chi connectivity index (χ1v) is 17.7. The summed E-state index contributed by atoms with van der Waals surface area (Å²) < 4.78 is 38.3. The van der Waals surface area contributed by atoms with Gasteiger partial charge >= 0.3 is 11.9 Å². The Morgan fingerprint density at radius 1 is 1.12 bits per heavy atom. The van der Waals surface area contributed by atoms with Crippen LogP contribution in [0.1, 0.15) is 46.1 Å². The van der Waals surface area contributed by atoms with Crippen molar-refractivity contribution in [1.29, 1.82) is 0 Å². The standard InChI is InChI=1S/C40H46O12/c1-7-8-9-10-11-12-13-18-37-50-34-30-33-36(21-41,49-33)35(45)38(46)28(19-23(4)31(38)44)40(30,52-37)24(5)32(39(34,51-37)22(2)3)48-29(43)17-15-25-14-16-26(42)27(20-25)47-6/h9-20,24,28,30,32-35,41-42,45-46H,2,7-8,21H2,1,3-6H3/b10-9+,12-11+,17-15+,18-13+/t24-,28+,30+,32-,33+,34-,35-,36+,37-,38-,39+,40+/m1/s1. The minimum atomic E-state index is -2.47. The van der Waals surface area contributed by atoms with Crippen LogP contribution in [0.2, 0.25) is 0 Å². The highest BCUT2D eigenvalue weighted by atomic mass is 16.9. The van der Waals surface area contributed by atoms with E-state index in [1.54, 1.807) is 57.2 Å². The number of Topliss-reactive ketones (excluding diaryl/α,β-unsaturated/α-hetero) is 1. The molecule has 1 aromatic carbocycles. The molecule has 12 nitrogen and oxygen atoms in total. The number of methoxy groups -OCH3 is 1. The van der Waals surface area contributed by atoms with Gasteiger partial charge in [-0.3, -0.25) is 4.79 Å². The Balaban J connectivity index is 1.36. The van der Waals surface area contributed by atoms with Gasteiger partial charge in [0.2, 0.25) is 0 Å². The van der Waals surface area contributed by atoms with Crippen LogP contribution in [0.4, 0.5) is 0 Å². The van der Waals surface area contributed by atoms with Crippen molar-refractivity contribution in [2.45, 2.75) is 93.3 Å². The van der Waals surface area contributed by atoms with Gasteiger partial charge in [0.15, 0.2) is 28.5 Å². The fourth-order valence-electron chi connectivity index (χ4n) is 9.40. The molecular weight excluding hydrogens is 672 g/mol. The van der Waals surface area contributed by atoms with Crippen molar-refractivity contribution >= 4 is 17.8 Å². The number of rotatable bonds is 11. The number of ether oxygens (including phenoxy) is 6. The van der Waals surface area contributed by atoms with E-state index < -0.39 is 88.9 Å². The highest BCUT2D eigenvalue weighted by Gasteiger charge is 2.90. The van der Waals surface area contributed by atoms with Gasteiger partial charge in [-0.1, -0.05) is 69.4 Å². The summed E-state index contributed by atoms with van der Waals surface area (Å²) in [7, 11) is 1.42. The second kappa shape index (κ2) is 12.6. The Bertz CT molecular complexity index is 1830. The van der Waals surface area contributed by atoms with Gasteiger partial charge in [-0.25, -0.2) is 4.79 Å². The van der Waals surface area contributed by atoms with Gasteiger partial charge < -0.3 is 48.8 Å². The number of aromatic hydroxyl groups is 1. The van der Waals surface area contributed by atoms with E-state index in [-0.39, 0.29) is 17.1 Å². The van der Waals surface area contributed by atoms with Crippen LogP contribution in [-0.4, -0.2) is 98.7 Å². The van der Waals surface area contributed by atoms with Crippen LogP contribution in [0.5, 0.6) is 11.5 Å². The summed E-state index contributed by atoms with van der Waals surface area (Å²) in [6.45, 7) is 10.8. The summed E-state index contributed by atoms with van der Waals surface area (Å²) >= 11 is 0. The third kappa shape index (κ3) is 4.85. The van der Waals surface area contributed by atoms with Crippen molar-refractivity contribution in [3.05, 3.63) is 90.1 Å². The number of carbonyl (C=O) groups is 2. The number of allylic oxidation sites excluding steroid dienone is 5. The molecule has 12 atom stereocenters. The molecule has 1 aromatic rings. The van der Waals surface area contributed by atoms with Crippen LogP contribution < -0.4 is 4.74 Å². The van der Waals surface area contributed by atoms with Crippen LogP contribution in [0.25, 0.3) is 6.08 Å². The lowest BCUT2D eigenvalue weighted by Crippen LogP contribution is -2.76. The molecule has 52 heavy (non-hydrogen) atoms. The molecule has 3 saturated heterocycles. The first-order valence-electron chi connectivity index (χ1n) is 17.7. The zero-order valence-corrected chi connectivity index (χ0v) is 29.9. The van der Waals surface area contributed by atoms with Crippen LogP contribution in [-0.2, 0) is 33.3 Å². The highest BCUT2D eigenvalue weighted by Crippen LogP contribution is 2.73. The minimum Gasteiger partial charge on any atom is -0.504 e. The minimum absolute atomic E-state index is 0.0571. The highest BCUT2D eigenvalue weighted by molar-refractivity contribution is 6.05. The Hall–Kier alpha value is -3.88. The Labute approximate surface area is 302 Å². The van der Waals surface area contributed by atoms with Crippen molar-refractivity contribution in [1.82, 2.24) is 0 Å². The Kier molecular flexibility index (Phi) is 8.85. The zero-order valence-electron chi connectivity index (χ0n) is 29.9. The number of aliphatic hydroxyl groups is 3. The van der Waals surface area contributed by atoms with Crippen molar-refractivity contribution in [3.8, 4) is 11.5 Å². The summed E-state index contributed by atoms with van der Waals surface area (Å²) in [6, 6.07) is 4.61. The van der Waals surface area contributed by atoms with Gasteiger partial charge in [-0.05, 0) is 55.2 Å². The van der Waals surface area contributed by atoms with Crippen molar-refractivity contribution < 1.29 is 58.4 Å². The lowest BCUT2D eigenvalue weighted by molar-refractivity contribution is -0.407. The molecule has 3 heterocycles. The number of fused-ring (bicyclic) bond motifs is 3. The molecule has 0 spiro atoms. The van der Waals surface area contributed by atoms with E-state index in [1.165, 1.54) is 25.3 Å². The fourth-order valence-corrected chi connectivity index (χ4v) is 9.40. The first-order chi connectivity index (χ1) is 24.7. The van der Waals surface area contributed by atoms with Crippen LogP contribution in [0.3, 0.4) is 0 Å². The van der Waals surface area contributed by atoms with Gasteiger partial charge in [-0.2, -0.15) is 0 Å². The lowest BCUT2D eigenvalue weighted by Gasteiger charge is -2.61. The third-order valence-corrected chi connectivity index (χ3v) is 11.9. The monoisotopic (exact) mass is 718 g/mol. The fraction of sp³-hybridized carbons (Fsp3) is 0.500. The maximum absolute atomic E-state index is 13.9. The molecule has 6 aliphatic rings. The molecule has 3 bridgehead atoms. The second-order valence-corrected chi connectivity index (χ2v) is 14.7. The number of esters is 1. The average Bonchev–Trinajstić information content (AvgIpc) is 3.75. The molecule has 3 aliphatic carbocycles. The molecule has 4 N–H and O–H groups in total. The molecule has 7 rings (SSSR count). The number of epoxide rings is 1. The quantitative estimate of drug-likeness (QED) is 0.0863. The number of phenols is 1. The average molecular weight is 719 g/mol. The van der Waals surface area contributed by atoms with Crippen molar-refractivity contribution in [3.63, 3.8) is 0 Å². The zero-order chi connectivity index (χ0) is 37.4. The maximum atomic E-state index is 13.9. The molecule has 2 saturated carbocycles. The van der Waals surface area contributed by atoms with E-state index in [9.17, 15) is 30.0 Å². The van der Waals surface area contributed by atoms with Gasteiger partial charge in [-0.15, -0.1) is 0 Å². The number of hydrogen-bond donors (Lipinski definition) is 4. The van der Waals surface area contributed by atoms with E-state index in [2.05, 4.69) is 13.5 Å². The largest absolute Gasteiger partial charge is 0.504 e. The molecule has 0 radical (unpaired) electrons. The summed E-state index contributed by atoms with van der Waals surface area (Å²) in [6.07, 6.45) is 12.2. The van der Waals surface area contributed by atoms with Crippen molar-refractivity contribution in [2.24, 2.45) is 17.8 Å². The van der Waals surface area contributed by atoms with E-state index in [0.29, 0.717) is 11.1 Å². The molecule has 0 amide bonds. The Morgan fingerprint density at radius 3 is 2.56 bits per heavy atom. The van der Waals surface area contributed by atoms with Crippen LogP contribution >= 0.6 is 0 Å². The van der Waals surface area contributed by atoms with E-state index in [4.69, 9.17) is 28.4 Å². The van der Waals surface area contributed by atoms with Gasteiger partial charge in [0.25, 0.3) is 0 Å². The number of unbranched alkanes of at least 4 members (excludes halogenated alkanes) is 1. The first kappa shape index (κ1) is 36.5. The maximum Gasteiger partial charge on any atom is 0.331 e. The smallest absolute Gasteiger partial charge is 0.331 e. The van der Waals surface area contributed by atoms with E-state index >= 15 is 0 Å². The van der Waals surface area contributed by atoms with Crippen LogP contribution in [0.15, 0.2) is 84.5 Å². The van der Waals surface area contributed by atoms with Gasteiger partial charge in [0.1, 0.15) is 30.0 Å². The summed E-state index contributed by atoms with van der Waals surface area (Å²) in [5.41, 5.74) is -6.13. The van der Waals surface area contributed by atoms with E-state index in [0.717, 1.165) is 12.8 Å². The molecular formula is C40H46O12. The summed E-state index contributed by atoms with van der Waals surface area (Å²) in [5, 5.41) is 45.0. The van der Waals surface area contributed by atoms with Gasteiger partial charge in [0.05, 0.1) is 19.3 Å². The van der Waals surface area contributed by atoms with E-state index in [1.807, 2.05) is 18.2 Å². The summed E-state index contributed by atoms with van der Waals surface area (Å²) in [5.74, 6) is -6.10. The van der Waals surface area contributed by atoms with Crippen molar-refractivity contribution in [2.75, 3.05) is 13.7 Å². The third-order valence-electron chi connectivity index (χ3n) is 11.9. The molecule has 12 heteroatoms. The number of hydrogen-bond acceptors (Lipinski definition) is 12. The second-order valence-electron chi connectivity index (χ2n) is 14.7. The summed E-state index contributed by atoms with van der Waals surface area (Å²) in [4.78, 5) is 27.7. The SMILES string of the molecule is C=C(C)[C@@]12O[C@@]3(/C=C/C=C/C=C/CCC)O[C@@H]1[C@@H]1[C@@H]4O[C@]4(CO)[C@@H](O)[C@]4(O)C(=O)C(C)=C[C@@H]4[C@@]1(O3)[C@H](C)[C@H]2OC(=O)/C=C/c1ccc(O)c(OC)c1. The number of ketones is 1. The number of aliphatic hydroxyl groups excluding tert-OH is 2. The predicted octanol–water partition coefficient (Wildman–Crippen LogP) is 3.59. The Morgan fingerprint density at radius 2 is 1.87 bits per heavy atom. The molecule has 278 valence electrons. The number of phenolic OH excluding ortho intramolecular Hbond substituents is 1. The number of carbonyl (C=O) groups excluding carboxylic acids is 2. The van der Waals surface area contributed by atoms with Crippen LogP contribution in [0, 0.1) is 17.8 Å². The molecule has 0 aromatic heterocycles. The lowest BCUT2D eigenvalue weighted by atomic mass is 9.53. The normalized spacial score (nSPS) is 42.8.